The van der Waals surface area contributed by atoms with Crippen LogP contribution in [0.2, 0.25) is 0 Å². The van der Waals surface area contributed by atoms with E-state index < -0.39 is 11.7 Å². The molecule has 2 aliphatic heterocycles. The number of nitrogen functional groups attached to an aromatic ring is 1. The maximum absolute atomic E-state index is 12.6. The summed E-state index contributed by atoms with van der Waals surface area (Å²) in [6.45, 7) is 2.56. The lowest BCUT2D eigenvalue weighted by Gasteiger charge is -2.26. The Kier molecular flexibility index (Phi) is 6.52. The molecule has 2 aliphatic rings. The summed E-state index contributed by atoms with van der Waals surface area (Å²) in [4.78, 5) is 23.1. The van der Waals surface area contributed by atoms with Crippen LogP contribution >= 0.6 is 11.8 Å². The van der Waals surface area contributed by atoms with Crippen LogP contribution in [0.3, 0.4) is 0 Å². The van der Waals surface area contributed by atoms with Gasteiger partial charge in [0.05, 0.1) is 30.5 Å². The maximum Gasteiger partial charge on any atom is 0.416 e. The number of hydrogen-bond donors (Lipinski definition) is 1. The van der Waals surface area contributed by atoms with Crippen molar-refractivity contribution in [2.24, 2.45) is 0 Å². The largest absolute Gasteiger partial charge is 0.416 e. The quantitative estimate of drug-likeness (QED) is 0.586. The van der Waals surface area contributed by atoms with Gasteiger partial charge in [-0.25, -0.2) is 9.97 Å². The van der Waals surface area contributed by atoms with Gasteiger partial charge in [-0.15, -0.1) is 0 Å². The van der Waals surface area contributed by atoms with Crippen molar-refractivity contribution < 1.29 is 22.7 Å². The van der Waals surface area contributed by atoms with Crippen LogP contribution in [0, 0.1) is 0 Å². The van der Waals surface area contributed by atoms with Crippen molar-refractivity contribution in [2.75, 3.05) is 30.3 Å². The number of halogens is 3. The van der Waals surface area contributed by atoms with E-state index in [1.54, 1.807) is 12.3 Å². The zero-order valence-corrected chi connectivity index (χ0v) is 17.9. The van der Waals surface area contributed by atoms with Gasteiger partial charge in [-0.1, -0.05) is 30.3 Å². The highest BCUT2D eigenvalue weighted by molar-refractivity contribution is 7.99. The Morgan fingerprint density at radius 2 is 1.78 bits per heavy atom. The molecule has 0 aliphatic carbocycles. The number of fused-ring (bicyclic) bond motifs is 3. The van der Waals surface area contributed by atoms with Gasteiger partial charge in [-0.05, 0) is 11.6 Å². The monoisotopic (exact) mass is 462 g/mol. The molecule has 6 nitrogen and oxygen atoms in total. The number of amides is 1. The molecule has 5 rings (SSSR count). The zero-order valence-electron chi connectivity index (χ0n) is 17.1. The number of thioether (sulfide) groups is 1. The van der Waals surface area contributed by atoms with Gasteiger partial charge in [0.2, 0.25) is 0 Å². The SMILES string of the molecule is FC(F)(F)c1ccccc1.Nc1nc2cnc(C(=O)N3CCSCC3)cc2c2c1COC2. The summed E-state index contributed by atoms with van der Waals surface area (Å²) >= 11 is 1.88. The zero-order chi connectivity index (χ0) is 22.7. The molecule has 3 aromatic rings. The first kappa shape index (κ1) is 22.3. The van der Waals surface area contributed by atoms with Gasteiger partial charge < -0.3 is 15.4 Å². The highest BCUT2D eigenvalue weighted by atomic mass is 32.2. The van der Waals surface area contributed by atoms with Gasteiger partial charge in [0.15, 0.2) is 0 Å². The molecule has 10 heteroatoms. The molecule has 2 aromatic heterocycles. The number of benzene rings is 1. The lowest BCUT2D eigenvalue weighted by atomic mass is 10.1. The third kappa shape index (κ3) is 4.81. The summed E-state index contributed by atoms with van der Waals surface area (Å²) < 4.78 is 40.8. The predicted molar refractivity (Wildman–Crippen MR) is 117 cm³/mol. The average molecular weight is 462 g/mol. The minimum Gasteiger partial charge on any atom is -0.383 e. The average Bonchev–Trinajstić information content (AvgIpc) is 3.31. The first-order chi connectivity index (χ1) is 15.3. The second-order valence-corrected chi connectivity index (χ2v) is 8.53. The molecule has 2 N–H and O–H groups in total. The number of pyridine rings is 2. The Labute approximate surface area is 187 Å². The highest BCUT2D eigenvalue weighted by Crippen LogP contribution is 2.31. The van der Waals surface area contributed by atoms with Crippen LogP contribution in [-0.4, -0.2) is 45.4 Å². The summed E-state index contributed by atoms with van der Waals surface area (Å²) in [5.41, 5.74) is 8.51. The summed E-state index contributed by atoms with van der Waals surface area (Å²) in [5, 5.41) is 0.923. The number of alkyl halides is 3. The van der Waals surface area contributed by atoms with E-state index in [4.69, 9.17) is 10.5 Å². The van der Waals surface area contributed by atoms with Gasteiger partial charge in [-0.3, -0.25) is 4.79 Å². The highest BCUT2D eigenvalue weighted by Gasteiger charge is 2.29. The standard InChI is InChI=1S/C15H16N4O2S.C7H5F3/c16-14-11-8-21-7-10(11)9-5-12(17-6-13(9)18-14)15(20)19-1-3-22-4-2-19;8-7(9,10)6-4-2-1-3-5-6/h5-6H,1-4,7-8H2,(H2,16,18);1-5H. The molecule has 1 fully saturated rings. The molecule has 0 atom stereocenters. The van der Waals surface area contributed by atoms with Gasteiger partial charge in [0.1, 0.15) is 11.5 Å². The fraction of sp³-hybridized carbons (Fsp3) is 0.318. The number of nitrogens with zero attached hydrogens (tertiary/aromatic N) is 3. The Morgan fingerprint density at radius 3 is 2.44 bits per heavy atom. The molecule has 0 bridgehead atoms. The third-order valence-corrected chi connectivity index (χ3v) is 6.18. The van der Waals surface area contributed by atoms with Crippen LogP contribution in [0.15, 0.2) is 42.6 Å². The summed E-state index contributed by atoms with van der Waals surface area (Å²) in [7, 11) is 0. The van der Waals surface area contributed by atoms with Gasteiger partial charge in [0.25, 0.3) is 5.91 Å². The number of carbonyl (C=O) groups excluding carboxylic acids is 1. The van der Waals surface area contributed by atoms with Crippen molar-refractivity contribution in [1.29, 1.82) is 0 Å². The van der Waals surface area contributed by atoms with Crippen molar-refractivity contribution in [3.05, 3.63) is 65.0 Å². The normalized spacial score (nSPS) is 15.8. The van der Waals surface area contributed by atoms with Crippen LogP contribution in [0.4, 0.5) is 19.0 Å². The van der Waals surface area contributed by atoms with Crippen LogP contribution in [0.25, 0.3) is 10.9 Å². The number of ether oxygens (including phenoxy) is 1. The maximum atomic E-state index is 12.6. The lowest BCUT2D eigenvalue weighted by molar-refractivity contribution is -0.137. The second-order valence-electron chi connectivity index (χ2n) is 7.30. The van der Waals surface area contributed by atoms with E-state index in [2.05, 4.69) is 9.97 Å². The Balaban J connectivity index is 0.000000207. The third-order valence-electron chi connectivity index (χ3n) is 5.23. The van der Waals surface area contributed by atoms with E-state index in [1.807, 2.05) is 22.7 Å². The molecule has 1 saturated heterocycles. The fourth-order valence-corrected chi connectivity index (χ4v) is 4.45. The lowest BCUT2D eigenvalue weighted by Crippen LogP contribution is -2.38. The molecule has 0 unspecified atom stereocenters. The van der Waals surface area contributed by atoms with Crippen molar-refractivity contribution in [1.82, 2.24) is 14.9 Å². The van der Waals surface area contributed by atoms with E-state index >= 15 is 0 Å². The van der Waals surface area contributed by atoms with Crippen LogP contribution in [0.1, 0.15) is 27.2 Å². The second kappa shape index (κ2) is 9.33. The molecular formula is C22H21F3N4O2S. The molecular weight excluding hydrogens is 441 g/mol. The molecule has 0 radical (unpaired) electrons. The van der Waals surface area contributed by atoms with E-state index in [-0.39, 0.29) is 5.91 Å². The first-order valence-corrected chi connectivity index (χ1v) is 11.1. The van der Waals surface area contributed by atoms with Crippen LogP contribution < -0.4 is 5.73 Å². The molecule has 0 saturated carbocycles. The van der Waals surface area contributed by atoms with E-state index in [1.165, 1.54) is 12.1 Å². The molecule has 1 aromatic carbocycles. The Morgan fingerprint density at radius 1 is 1.09 bits per heavy atom. The van der Waals surface area contributed by atoms with Crippen LogP contribution in [0.5, 0.6) is 0 Å². The Bertz CT molecular complexity index is 1120. The molecule has 1 amide bonds. The summed E-state index contributed by atoms with van der Waals surface area (Å²) in [6, 6.07) is 8.19. The van der Waals surface area contributed by atoms with Crippen molar-refractivity contribution in [3.8, 4) is 0 Å². The predicted octanol–water partition coefficient (Wildman–Crippen LogP) is 4.14. The number of rotatable bonds is 1. The van der Waals surface area contributed by atoms with Gasteiger partial charge >= 0.3 is 6.18 Å². The number of aromatic nitrogens is 2. The smallest absolute Gasteiger partial charge is 0.383 e. The van der Waals surface area contributed by atoms with Crippen molar-refractivity contribution in [3.63, 3.8) is 0 Å². The van der Waals surface area contributed by atoms with Crippen molar-refractivity contribution >= 4 is 34.4 Å². The van der Waals surface area contributed by atoms with Crippen LogP contribution in [-0.2, 0) is 24.1 Å². The summed E-state index contributed by atoms with van der Waals surface area (Å²) in [6.07, 6.45) is -2.57. The number of hydrogen-bond acceptors (Lipinski definition) is 6. The van der Waals surface area contributed by atoms with E-state index in [9.17, 15) is 18.0 Å². The minimum absolute atomic E-state index is 0.00769. The molecule has 4 heterocycles. The molecule has 168 valence electrons. The van der Waals surface area contributed by atoms with E-state index in [0.29, 0.717) is 30.2 Å². The Hall–Kier alpha value is -2.85. The van der Waals surface area contributed by atoms with E-state index in [0.717, 1.165) is 53.2 Å². The molecule has 0 spiro atoms. The molecule has 32 heavy (non-hydrogen) atoms. The van der Waals surface area contributed by atoms with Gasteiger partial charge in [-0.2, -0.15) is 24.9 Å². The fourth-order valence-electron chi connectivity index (χ4n) is 3.55. The van der Waals surface area contributed by atoms with Gasteiger partial charge in [0, 0.05) is 35.5 Å². The number of anilines is 1. The topological polar surface area (TPSA) is 81.3 Å². The van der Waals surface area contributed by atoms with Crippen molar-refractivity contribution in [2.45, 2.75) is 19.4 Å². The summed E-state index contributed by atoms with van der Waals surface area (Å²) in [5.74, 6) is 2.46. The minimum atomic E-state index is -4.21. The first-order valence-electron chi connectivity index (χ1n) is 9.98. The number of carbonyl (C=O) groups is 1. The number of nitrogens with two attached hydrogens (primary N) is 1.